The lowest BCUT2D eigenvalue weighted by Crippen LogP contribution is -2.11. The highest BCUT2D eigenvalue weighted by molar-refractivity contribution is 6.04. The lowest BCUT2D eigenvalue weighted by molar-refractivity contribution is 0.102. The maximum absolute atomic E-state index is 12.1. The summed E-state index contributed by atoms with van der Waals surface area (Å²) in [4.78, 5) is 12.1. The lowest BCUT2D eigenvalue weighted by atomic mass is 10.2. The molecule has 98 valence electrons. The molecule has 0 saturated carbocycles. The van der Waals surface area contributed by atoms with Gasteiger partial charge in [-0.3, -0.25) is 4.79 Å². The summed E-state index contributed by atoms with van der Waals surface area (Å²) in [5.41, 5.74) is 2.54. The number of nitrogens with one attached hydrogen (secondary N) is 1. The Hall–Kier alpha value is -2.29. The molecule has 3 nitrogen and oxygen atoms in total. The molecular weight excluding hydrogens is 238 g/mol. The first-order valence-electron chi connectivity index (χ1n) is 6.30. The van der Waals surface area contributed by atoms with Crippen LogP contribution < -0.4 is 10.1 Å². The molecule has 0 aromatic heterocycles. The average molecular weight is 255 g/mol. The van der Waals surface area contributed by atoms with Crippen molar-refractivity contribution in [2.45, 2.75) is 13.8 Å². The summed E-state index contributed by atoms with van der Waals surface area (Å²) >= 11 is 0. The summed E-state index contributed by atoms with van der Waals surface area (Å²) < 4.78 is 5.38. The van der Waals surface area contributed by atoms with Gasteiger partial charge in [0, 0.05) is 11.3 Å². The summed E-state index contributed by atoms with van der Waals surface area (Å²) in [5.74, 6) is 0.574. The number of hydrogen-bond acceptors (Lipinski definition) is 2. The van der Waals surface area contributed by atoms with Gasteiger partial charge in [-0.05, 0) is 44.2 Å². The van der Waals surface area contributed by atoms with Gasteiger partial charge in [0.2, 0.25) is 0 Å². The van der Waals surface area contributed by atoms with Crippen LogP contribution in [0.1, 0.15) is 22.8 Å². The normalized spacial score (nSPS) is 10.0. The topological polar surface area (TPSA) is 38.3 Å². The third-order valence-electron chi connectivity index (χ3n) is 2.72. The predicted octanol–water partition coefficient (Wildman–Crippen LogP) is 3.65. The van der Waals surface area contributed by atoms with Gasteiger partial charge < -0.3 is 10.1 Å². The minimum atomic E-state index is -0.134. The van der Waals surface area contributed by atoms with Gasteiger partial charge in [0.05, 0.1) is 6.61 Å². The number of amides is 1. The SMILES string of the molecule is CCOc1cccc(C(=O)Nc2ccc(C)cc2)c1. The van der Waals surface area contributed by atoms with Crippen LogP contribution in [0.4, 0.5) is 5.69 Å². The van der Waals surface area contributed by atoms with Crippen molar-refractivity contribution in [2.75, 3.05) is 11.9 Å². The number of anilines is 1. The number of carbonyl (C=O) groups is 1. The fraction of sp³-hybridized carbons (Fsp3) is 0.188. The summed E-state index contributed by atoms with van der Waals surface area (Å²) in [6, 6.07) is 14.9. The minimum absolute atomic E-state index is 0.134. The van der Waals surface area contributed by atoms with Crippen molar-refractivity contribution in [2.24, 2.45) is 0 Å². The number of ether oxygens (including phenoxy) is 1. The van der Waals surface area contributed by atoms with E-state index in [1.807, 2.05) is 50.2 Å². The molecule has 2 aromatic rings. The molecular formula is C16H17NO2. The Labute approximate surface area is 113 Å². The lowest BCUT2D eigenvalue weighted by Gasteiger charge is -2.07. The van der Waals surface area contributed by atoms with E-state index in [1.165, 1.54) is 0 Å². The van der Waals surface area contributed by atoms with Crippen molar-refractivity contribution >= 4 is 11.6 Å². The summed E-state index contributed by atoms with van der Waals surface area (Å²) in [5, 5.41) is 2.86. The highest BCUT2D eigenvalue weighted by Gasteiger charge is 2.06. The van der Waals surface area contributed by atoms with Gasteiger partial charge in [-0.1, -0.05) is 23.8 Å². The Kier molecular flexibility index (Phi) is 4.18. The van der Waals surface area contributed by atoms with E-state index in [0.29, 0.717) is 17.9 Å². The van der Waals surface area contributed by atoms with Gasteiger partial charge >= 0.3 is 0 Å². The second kappa shape index (κ2) is 6.05. The molecule has 0 aliphatic rings. The molecule has 0 spiro atoms. The molecule has 0 heterocycles. The molecule has 3 heteroatoms. The quantitative estimate of drug-likeness (QED) is 0.905. The highest BCUT2D eigenvalue weighted by Crippen LogP contribution is 2.15. The molecule has 1 amide bonds. The van der Waals surface area contributed by atoms with Gasteiger partial charge in [-0.25, -0.2) is 0 Å². The molecule has 0 saturated heterocycles. The van der Waals surface area contributed by atoms with Gasteiger partial charge in [-0.15, -0.1) is 0 Å². The predicted molar refractivity (Wildman–Crippen MR) is 76.7 cm³/mol. The smallest absolute Gasteiger partial charge is 0.255 e. The van der Waals surface area contributed by atoms with E-state index in [4.69, 9.17) is 4.74 Å². The Bertz CT molecular complexity index is 561. The zero-order valence-corrected chi connectivity index (χ0v) is 11.1. The molecule has 19 heavy (non-hydrogen) atoms. The third-order valence-corrected chi connectivity index (χ3v) is 2.72. The van der Waals surface area contributed by atoms with Crippen LogP contribution in [0.25, 0.3) is 0 Å². The molecule has 0 bridgehead atoms. The molecule has 0 aliphatic carbocycles. The molecule has 0 fully saturated rings. The standard InChI is InChI=1S/C16H17NO2/c1-3-19-15-6-4-5-13(11-15)16(18)17-14-9-7-12(2)8-10-14/h4-11H,3H2,1-2H3,(H,17,18). The van der Waals surface area contributed by atoms with E-state index >= 15 is 0 Å². The Balaban J connectivity index is 2.11. The van der Waals surface area contributed by atoms with Crippen molar-refractivity contribution < 1.29 is 9.53 Å². The zero-order chi connectivity index (χ0) is 13.7. The van der Waals surface area contributed by atoms with Crippen molar-refractivity contribution in [1.82, 2.24) is 0 Å². The van der Waals surface area contributed by atoms with E-state index in [0.717, 1.165) is 11.3 Å². The van der Waals surface area contributed by atoms with Gasteiger partial charge in [0.15, 0.2) is 0 Å². The van der Waals surface area contributed by atoms with Gasteiger partial charge in [-0.2, -0.15) is 0 Å². The van der Waals surface area contributed by atoms with Crippen molar-refractivity contribution in [3.8, 4) is 5.75 Å². The molecule has 1 N–H and O–H groups in total. The summed E-state index contributed by atoms with van der Waals surface area (Å²) in [6.45, 7) is 4.51. The van der Waals surface area contributed by atoms with Crippen LogP contribution in [0.2, 0.25) is 0 Å². The van der Waals surface area contributed by atoms with E-state index in [9.17, 15) is 4.79 Å². The molecule has 0 radical (unpaired) electrons. The first-order chi connectivity index (χ1) is 9.19. The third kappa shape index (κ3) is 3.58. The first-order valence-corrected chi connectivity index (χ1v) is 6.30. The number of rotatable bonds is 4. The Morgan fingerprint density at radius 2 is 1.89 bits per heavy atom. The van der Waals surface area contributed by atoms with Crippen LogP contribution in [0.5, 0.6) is 5.75 Å². The van der Waals surface area contributed by atoms with Crippen LogP contribution in [0.3, 0.4) is 0 Å². The number of hydrogen-bond donors (Lipinski definition) is 1. The molecule has 2 rings (SSSR count). The second-order valence-corrected chi connectivity index (χ2v) is 4.28. The fourth-order valence-corrected chi connectivity index (χ4v) is 1.73. The number of aryl methyl sites for hydroxylation is 1. The maximum Gasteiger partial charge on any atom is 0.255 e. The van der Waals surface area contributed by atoms with Gasteiger partial charge in [0.25, 0.3) is 5.91 Å². The van der Waals surface area contributed by atoms with E-state index < -0.39 is 0 Å². The minimum Gasteiger partial charge on any atom is -0.494 e. The largest absolute Gasteiger partial charge is 0.494 e. The Morgan fingerprint density at radius 1 is 1.16 bits per heavy atom. The Morgan fingerprint density at radius 3 is 2.58 bits per heavy atom. The molecule has 0 atom stereocenters. The summed E-state index contributed by atoms with van der Waals surface area (Å²) in [7, 11) is 0. The van der Waals surface area contributed by atoms with Gasteiger partial charge in [0.1, 0.15) is 5.75 Å². The molecule has 0 aliphatic heterocycles. The summed E-state index contributed by atoms with van der Waals surface area (Å²) in [6.07, 6.45) is 0. The van der Waals surface area contributed by atoms with Crippen LogP contribution in [0, 0.1) is 6.92 Å². The van der Waals surface area contributed by atoms with Crippen molar-refractivity contribution in [3.63, 3.8) is 0 Å². The molecule has 2 aromatic carbocycles. The number of carbonyl (C=O) groups excluding carboxylic acids is 1. The number of benzene rings is 2. The van der Waals surface area contributed by atoms with E-state index in [2.05, 4.69) is 5.32 Å². The van der Waals surface area contributed by atoms with E-state index in [1.54, 1.807) is 12.1 Å². The van der Waals surface area contributed by atoms with Crippen LogP contribution in [-0.4, -0.2) is 12.5 Å². The van der Waals surface area contributed by atoms with Crippen LogP contribution >= 0.6 is 0 Å². The highest BCUT2D eigenvalue weighted by atomic mass is 16.5. The van der Waals surface area contributed by atoms with E-state index in [-0.39, 0.29) is 5.91 Å². The molecule has 0 unspecified atom stereocenters. The van der Waals surface area contributed by atoms with Crippen LogP contribution in [0.15, 0.2) is 48.5 Å². The zero-order valence-electron chi connectivity index (χ0n) is 11.1. The average Bonchev–Trinajstić information content (AvgIpc) is 2.42. The second-order valence-electron chi connectivity index (χ2n) is 4.28. The maximum atomic E-state index is 12.1. The van der Waals surface area contributed by atoms with Crippen LogP contribution in [-0.2, 0) is 0 Å². The first kappa shape index (κ1) is 13.1. The van der Waals surface area contributed by atoms with Crippen molar-refractivity contribution in [3.05, 3.63) is 59.7 Å². The monoisotopic (exact) mass is 255 g/mol. The van der Waals surface area contributed by atoms with Crippen molar-refractivity contribution in [1.29, 1.82) is 0 Å². The fourth-order valence-electron chi connectivity index (χ4n) is 1.73.